The summed E-state index contributed by atoms with van der Waals surface area (Å²) in [5, 5.41) is 0. The van der Waals surface area contributed by atoms with E-state index in [9.17, 15) is 4.79 Å². The van der Waals surface area contributed by atoms with Crippen LogP contribution in [0, 0.1) is 17.3 Å². The van der Waals surface area contributed by atoms with Crippen molar-refractivity contribution in [1.29, 1.82) is 0 Å². The summed E-state index contributed by atoms with van der Waals surface area (Å²) in [4.78, 5) is 12.1. The van der Waals surface area contributed by atoms with Gasteiger partial charge in [-0.15, -0.1) is 0 Å². The van der Waals surface area contributed by atoms with Gasteiger partial charge in [0.1, 0.15) is 0 Å². The van der Waals surface area contributed by atoms with Gasteiger partial charge in [0.2, 0.25) is 5.79 Å². The number of allylic oxidation sites excluding steroid dienone is 2. The number of hydrogen-bond acceptors (Lipinski definition) is 5. The van der Waals surface area contributed by atoms with Crippen molar-refractivity contribution >= 4 is 5.97 Å². The molecule has 0 unspecified atom stereocenters. The van der Waals surface area contributed by atoms with Crippen LogP contribution < -0.4 is 0 Å². The van der Waals surface area contributed by atoms with Crippen LogP contribution in [0.1, 0.15) is 13.3 Å². The van der Waals surface area contributed by atoms with E-state index in [4.69, 9.17) is 18.9 Å². The molecule has 4 atom stereocenters. The first-order valence-corrected chi connectivity index (χ1v) is 8.24. The molecule has 5 heteroatoms. The van der Waals surface area contributed by atoms with E-state index < -0.39 is 5.79 Å². The first-order chi connectivity index (χ1) is 11.2. The molecule has 5 rings (SSSR count). The van der Waals surface area contributed by atoms with E-state index in [1.165, 1.54) is 5.57 Å². The van der Waals surface area contributed by atoms with Crippen molar-refractivity contribution in [2.45, 2.75) is 19.1 Å². The Balaban J connectivity index is 1.89. The summed E-state index contributed by atoms with van der Waals surface area (Å²) in [6.07, 6.45) is 9.06. The molecule has 0 saturated carbocycles. The summed E-state index contributed by atoms with van der Waals surface area (Å²) in [6.45, 7) is 4.04. The second-order valence-corrected chi connectivity index (χ2v) is 6.47. The molecule has 0 radical (unpaired) electrons. The second kappa shape index (κ2) is 5.30. The minimum atomic E-state index is -0.921. The Bertz CT molecular complexity index is 617. The molecule has 124 valence electrons. The van der Waals surface area contributed by atoms with Crippen molar-refractivity contribution in [1.82, 2.24) is 0 Å². The van der Waals surface area contributed by atoms with Crippen LogP contribution in [0.25, 0.3) is 0 Å². The van der Waals surface area contributed by atoms with Gasteiger partial charge in [0, 0.05) is 30.6 Å². The van der Waals surface area contributed by atoms with Crippen molar-refractivity contribution in [3.05, 3.63) is 35.5 Å². The number of carbonyl (C=O) groups excluding carboxylic acids is 1. The van der Waals surface area contributed by atoms with Gasteiger partial charge in [0.25, 0.3) is 0 Å². The number of rotatable bonds is 3. The lowest BCUT2D eigenvalue weighted by molar-refractivity contribution is -0.297. The summed E-state index contributed by atoms with van der Waals surface area (Å²) in [7, 11) is 1.66. The Morgan fingerprint density at radius 2 is 2.39 bits per heavy atom. The largest absolute Gasteiger partial charge is 0.463 e. The molecule has 23 heavy (non-hydrogen) atoms. The van der Waals surface area contributed by atoms with Gasteiger partial charge in [-0.05, 0) is 18.9 Å². The molecule has 0 amide bonds. The lowest BCUT2D eigenvalue weighted by atomic mass is 9.51. The van der Waals surface area contributed by atoms with Crippen molar-refractivity contribution < 1.29 is 23.7 Å². The van der Waals surface area contributed by atoms with Crippen LogP contribution in [0.4, 0.5) is 0 Å². The van der Waals surface area contributed by atoms with E-state index in [-0.39, 0.29) is 17.3 Å². The zero-order chi connectivity index (χ0) is 16.1. The zero-order valence-corrected chi connectivity index (χ0v) is 13.5. The van der Waals surface area contributed by atoms with Crippen LogP contribution >= 0.6 is 0 Å². The zero-order valence-electron chi connectivity index (χ0n) is 13.5. The number of esters is 1. The average Bonchev–Trinajstić information content (AvgIpc) is 2.57. The fraction of sp³-hybridized carbons (Fsp3) is 0.611. The quantitative estimate of drug-likeness (QED) is 0.452. The predicted molar refractivity (Wildman–Crippen MR) is 82.5 cm³/mol. The highest BCUT2D eigenvalue weighted by Gasteiger charge is 2.67. The first kappa shape index (κ1) is 15.1. The first-order valence-electron chi connectivity index (χ1n) is 8.24. The molecular formula is C18H22O5. The third-order valence-electron chi connectivity index (χ3n) is 5.60. The van der Waals surface area contributed by atoms with E-state index in [2.05, 4.69) is 18.2 Å². The number of methoxy groups -OCH3 is 1. The summed E-state index contributed by atoms with van der Waals surface area (Å²) < 4.78 is 23.1. The van der Waals surface area contributed by atoms with E-state index in [0.29, 0.717) is 32.3 Å². The molecule has 5 nitrogen and oxygen atoms in total. The Kier molecular flexibility index (Phi) is 3.48. The molecule has 5 aliphatic rings. The van der Waals surface area contributed by atoms with E-state index in [1.807, 2.05) is 0 Å². The number of hydrogen-bond donors (Lipinski definition) is 0. The maximum Gasteiger partial charge on any atom is 0.330 e. The minimum absolute atomic E-state index is 0.0170. The number of carbonyl (C=O) groups is 1. The highest BCUT2D eigenvalue weighted by Crippen LogP contribution is 2.64. The molecule has 2 heterocycles. The highest BCUT2D eigenvalue weighted by atomic mass is 16.7. The standard InChI is InChI=1S/C18H22O5/c1-3-22-16(19)9-15-12-4-6-17-13(10-21-11-14(17)8-12)5-7-23-18(15,17)20-2/h4,6,8-9,12-13H,3,5,7,10-11H2,1-2H3/b15-9+/t12-,13-,17-,18-/m0/s1. The van der Waals surface area contributed by atoms with Crippen molar-refractivity contribution in [2.24, 2.45) is 17.3 Å². The Hall–Kier alpha value is -1.43. The van der Waals surface area contributed by atoms with E-state index in [0.717, 1.165) is 12.0 Å². The van der Waals surface area contributed by atoms with Crippen LogP contribution in [0.2, 0.25) is 0 Å². The summed E-state index contributed by atoms with van der Waals surface area (Å²) in [6, 6.07) is 0. The molecule has 0 aromatic carbocycles. The maximum atomic E-state index is 12.1. The van der Waals surface area contributed by atoms with Gasteiger partial charge in [0.05, 0.1) is 31.8 Å². The van der Waals surface area contributed by atoms with Crippen molar-refractivity contribution in [3.63, 3.8) is 0 Å². The molecule has 0 N–H and O–H groups in total. The van der Waals surface area contributed by atoms with Crippen molar-refractivity contribution in [2.75, 3.05) is 33.5 Å². The second-order valence-electron chi connectivity index (χ2n) is 6.47. The van der Waals surface area contributed by atoms with E-state index in [1.54, 1.807) is 20.1 Å². The topological polar surface area (TPSA) is 54.0 Å². The molecule has 0 aromatic rings. The van der Waals surface area contributed by atoms with Crippen LogP contribution in [0.15, 0.2) is 35.5 Å². The lowest BCUT2D eigenvalue weighted by Crippen LogP contribution is -2.66. The third-order valence-corrected chi connectivity index (χ3v) is 5.60. The van der Waals surface area contributed by atoms with Crippen LogP contribution in [-0.4, -0.2) is 45.3 Å². The molecule has 2 saturated heterocycles. The highest BCUT2D eigenvalue weighted by molar-refractivity contribution is 5.84. The summed E-state index contributed by atoms with van der Waals surface area (Å²) in [5.74, 6) is -0.990. The third kappa shape index (κ3) is 1.81. The van der Waals surface area contributed by atoms with Gasteiger partial charge in [0.15, 0.2) is 0 Å². The van der Waals surface area contributed by atoms with Gasteiger partial charge >= 0.3 is 5.97 Å². The van der Waals surface area contributed by atoms with Gasteiger partial charge in [-0.2, -0.15) is 0 Å². The summed E-state index contributed by atoms with van der Waals surface area (Å²) in [5.41, 5.74) is 1.69. The fourth-order valence-electron chi connectivity index (χ4n) is 4.73. The van der Waals surface area contributed by atoms with Crippen molar-refractivity contribution in [3.8, 4) is 0 Å². The van der Waals surface area contributed by atoms with Gasteiger partial charge in [-0.1, -0.05) is 18.2 Å². The van der Waals surface area contributed by atoms with Crippen LogP contribution in [0.3, 0.4) is 0 Å². The Morgan fingerprint density at radius 3 is 3.17 bits per heavy atom. The monoisotopic (exact) mass is 318 g/mol. The SMILES string of the molecule is CCOC(=O)/C=C1\[C@H]2C=C[C@@]34C(=C2)COC[C@@H]3CCO[C@@]14OC. The van der Waals surface area contributed by atoms with Gasteiger partial charge < -0.3 is 18.9 Å². The minimum Gasteiger partial charge on any atom is -0.463 e. The average molecular weight is 318 g/mol. The lowest BCUT2D eigenvalue weighted by Gasteiger charge is -2.62. The summed E-state index contributed by atoms with van der Waals surface area (Å²) >= 11 is 0. The molecule has 0 aromatic heterocycles. The normalized spacial score (nSPS) is 42.3. The molecular weight excluding hydrogens is 296 g/mol. The van der Waals surface area contributed by atoms with Gasteiger partial charge in [-0.3, -0.25) is 0 Å². The molecule has 3 aliphatic carbocycles. The maximum absolute atomic E-state index is 12.1. The number of ether oxygens (including phenoxy) is 4. The predicted octanol–water partition coefficient (Wildman–Crippen LogP) is 2.00. The Labute approximate surface area is 135 Å². The molecule has 2 bridgehead atoms. The fourth-order valence-corrected chi connectivity index (χ4v) is 4.73. The smallest absolute Gasteiger partial charge is 0.330 e. The van der Waals surface area contributed by atoms with Crippen LogP contribution in [-0.2, 0) is 23.7 Å². The molecule has 2 aliphatic heterocycles. The molecule has 2 fully saturated rings. The van der Waals surface area contributed by atoms with E-state index >= 15 is 0 Å². The van der Waals surface area contributed by atoms with Gasteiger partial charge in [-0.25, -0.2) is 4.79 Å². The molecule has 1 spiro atoms. The van der Waals surface area contributed by atoms with Crippen LogP contribution in [0.5, 0.6) is 0 Å². The Morgan fingerprint density at radius 1 is 1.52 bits per heavy atom.